The van der Waals surface area contributed by atoms with Crippen LogP contribution in [0.3, 0.4) is 0 Å². The first-order chi connectivity index (χ1) is 16.4. The van der Waals surface area contributed by atoms with Gasteiger partial charge in [-0.2, -0.15) is 0 Å². The second kappa shape index (κ2) is 11.6. The van der Waals surface area contributed by atoms with Crippen LogP contribution in [0.4, 0.5) is 0 Å². The maximum absolute atomic E-state index is 11.8. The summed E-state index contributed by atoms with van der Waals surface area (Å²) >= 11 is 0. The Morgan fingerprint density at radius 2 is 1.42 bits per heavy atom. The first kappa shape index (κ1) is 30.9. The second-order valence-corrected chi connectivity index (χ2v) is 15.4. The highest BCUT2D eigenvalue weighted by Gasteiger charge is 2.35. The molecular formula is C33H54NOP. The summed E-state index contributed by atoms with van der Waals surface area (Å²) in [6.45, 7) is 30.5. The average molecular weight is 512 g/mol. The smallest absolute Gasteiger partial charge is 0.123 e. The van der Waals surface area contributed by atoms with Crippen molar-refractivity contribution >= 4 is 13.9 Å². The molecule has 0 spiro atoms. The van der Waals surface area contributed by atoms with E-state index < -0.39 is 0 Å². The Kier molecular flexibility index (Phi) is 9.92. The van der Waals surface area contributed by atoms with E-state index in [4.69, 9.17) is 0 Å². The highest BCUT2D eigenvalue weighted by Crippen LogP contribution is 2.52. The molecule has 36 heavy (non-hydrogen) atoms. The number of nitrogens with zero attached hydrogens (tertiary/aromatic N) is 1. The summed E-state index contributed by atoms with van der Waals surface area (Å²) < 4.78 is 0. The standard InChI is InChI=1S/C33H54NOP/c1-14-18-33(13,28-20-26(31(7,8)9)19-27(29(28)35)32(10,11)12)36-30-24(6)16-15-17-25(30)21-34(22(2)3)23(4)5/h15-17,19-20,22-23,35-36H,14,18,21H2,1-13H3. The van der Waals surface area contributed by atoms with Gasteiger partial charge in [0.15, 0.2) is 0 Å². The molecule has 0 fully saturated rings. The molecule has 1 N–H and O–H groups in total. The highest BCUT2D eigenvalue weighted by atomic mass is 31.1. The van der Waals surface area contributed by atoms with Gasteiger partial charge >= 0.3 is 0 Å². The first-order valence-electron chi connectivity index (χ1n) is 13.9. The van der Waals surface area contributed by atoms with Crippen LogP contribution >= 0.6 is 8.58 Å². The van der Waals surface area contributed by atoms with Gasteiger partial charge in [0.05, 0.1) is 0 Å². The largest absolute Gasteiger partial charge is 0.507 e. The van der Waals surface area contributed by atoms with E-state index in [1.807, 2.05) is 0 Å². The minimum absolute atomic E-state index is 0.0154. The van der Waals surface area contributed by atoms with Crippen molar-refractivity contribution in [3.63, 3.8) is 0 Å². The van der Waals surface area contributed by atoms with E-state index in [2.05, 4.69) is 125 Å². The van der Waals surface area contributed by atoms with Crippen molar-refractivity contribution in [2.24, 2.45) is 0 Å². The van der Waals surface area contributed by atoms with Crippen LogP contribution in [0.1, 0.15) is 124 Å². The van der Waals surface area contributed by atoms with E-state index in [1.54, 1.807) is 0 Å². The van der Waals surface area contributed by atoms with Gasteiger partial charge in [-0.1, -0.05) is 101 Å². The number of aromatic hydroxyl groups is 1. The van der Waals surface area contributed by atoms with Crippen molar-refractivity contribution < 1.29 is 5.11 Å². The Balaban J connectivity index is 2.75. The first-order valence-corrected chi connectivity index (χ1v) is 14.9. The molecule has 2 unspecified atom stereocenters. The van der Waals surface area contributed by atoms with Gasteiger partial charge in [0, 0.05) is 29.3 Å². The summed E-state index contributed by atoms with van der Waals surface area (Å²) in [5.41, 5.74) is 6.18. The lowest BCUT2D eigenvalue weighted by Crippen LogP contribution is -2.37. The highest BCUT2D eigenvalue weighted by molar-refractivity contribution is 7.48. The molecule has 3 heteroatoms. The van der Waals surface area contributed by atoms with Crippen LogP contribution in [-0.4, -0.2) is 22.1 Å². The van der Waals surface area contributed by atoms with Gasteiger partial charge in [0.1, 0.15) is 5.75 Å². The van der Waals surface area contributed by atoms with Crippen molar-refractivity contribution in [1.82, 2.24) is 4.90 Å². The van der Waals surface area contributed by atoms with Crippen LogP contribution in [-0.2, 0) is 22.5 Å². The van der Waals surface area contributed by atoms with Crippen LogP contribution in [0.5, 0.6) is 5.75 Å². The summed E-state index contributed by atoms with van der Waals surface area (Å²) in [4.78, 5) is 2.58. The molecule has 0 aliphatic carbocycles. The fourth-order valence-corrected chi connectivity index (χ4v) is 7.15. The van der Waals surface area contributed by atoms with Gasteiger partial charge in [-0.3, -0.25) is 4.90 Å². The third kappa shape index (κ3) is 7.14. The number of rotatable bonds is 9. The molecule has 0 bridgehead atoms. The molecule has 2 rings (SSSR count). The Bertz CT molecular complexity index is 1020. The fraction of sp³-hybridized carbons (Fsp3) is 0.636. The Labute approximate surface area is 225 Å². The predicted octanol–water partition coefficient (Wildman–Crippen LogP) is 8.93. The van der Waals surface area contributed by atoms with E-state index in [0.29, 0.717) is 26.4 Å². The molecule has 0 radical (unpaired) electrons. The van der Waals surface area contributed by atoms with Crippen molar-refractivity contribution in [3.05, 3.63) is 58.1 Å². The van der Waals surface area contributed by atoms with Crippen molar-refractivity contribution in [1.29, 1.82) is 0 Å². The summed E-state index contributed by atoms with van der Waals surface area (Å²) in [5, 5.41) is 13.1. The third-order valence-electron chi connectivity index (χ3n) is 7.57. The Morgan fingerprint density at radius 3 is 1.89 bits per heavy atom. The maximum Gasteiger partial charge on any atom is 0.123 e. The molecule has 0 heterocycles. The minimum Gasteiger partial charge on any atom is -0.507 e. The number of phenolic OH excluding ortho intramolecular Hbond substituents is 1. The van der Waals surface area contributed by atoms with Crippen LogP contribution in [0.15, 0.2) is 30.3 Å². The molecule has 0 amide bonds. The van der Waals surface area contributed by atoms with Crippen LogP contribution < -0.4 is 5.30 Å². The van der Waals surface area contributed by atoms with Crippen molar-refractivity contribution in [2.75, 3.05) is 0 Å². The number of phenols is 1. The van der Waals surface area contributed by atoms with Gasteiger partial charge in [-0.05, 0) is 79.4 Å². The van der Waals surface area contributed by atoms with E-state index >= 15 is 0 Å². The van der Waals surface area contributed by atoms with E-state index in [-0.39, 0.29) is 16.0 Å². The van der Waals surface area contributed by atoms with Gasteiger partial charge in [-0.25, -0.2) is 0 Å². The molecular weight excluding hydrogens is 457 g/mol. The normalized spacial score (nSPS) is 15.0. The van der Waals surface area contributed by atoms with Gasteiger partial charge < -0.3 is 5.11 Å². The lowest BCUT2D eigenvalue weighted by atomic mass is 9.77. The van der Waals surface area contributed by atoms with E-state index in [0.717, 1.165) is 30.5 Å². The zero-order valence-corrected chi connectivity index (χ0v) is 26.6. The SMILES string of the molecule is CCCC(C)(Pc1c(C)cccc1CN(C(C)C)C(C)C)c1cc(C(C)(C)C)cc(C(C)(C)C)c1O. The monoisotopic (exact) mass is 511 g/mol. The lowest BCUT2D eigenvalue weighted by Gasteiger charge is -2.37. The van der Waals surface area contributed by atoms with E-state index in [1.165, 1.54) is 22.0 Å². The van der Waals surface area contributed by atoms with Gasteiger partial charge in [0.25, 0.3) is 0 Å². The molecule has 2 atom stereocenters. The van der Waals surface area contributed by atoms with Crippen molar-refractivity contribution in [3.8, 4) is 5.75 Å². The number of aryl methyl sites for hydroxylation is 1. The molecule has 0 aromatic heterocycles. The molecule has 2 aromatic rings. The molecule has 2 aromatic carbocycles. The molecule has 0 aliphatic heterocycles. The quantitative estimate of drug-likeness (QED) is 0.340. The topological polar surface area (TPSA) is 23.5 Å². The van der Waals surface area contributed by atoms with Crippen LogP contribution in [0, 0.1) is 6.92 Å². The van der Waals surface area contributed by atoms with Gasteiger partial charge in [-0.15, -0.1) is 0 Å². The zero-order valence-electron chi connectivity index (χ0n) is 25.6. The average Bonchev–Trinajstić information content (AvgIpc) is 2.72. The molecule has 202 valence electrons. The minimum atomic E-state index is -0.137. The second-order valence-electron chi connectivity index (χ2n) is 13.6. The summed E-state index contributed by atoms with van der Waals surface area (Å²) in [7, 11) is 0.586. The molecule has 2 nitrogen and oxygen atoms in total. The fourth-order valence-electron chi connectivity index (χ4n) is 5.30. The number of hydrogen-bond donors (Lipinski definition) is 1. The number of hydrogen-bond acceptors (Lipinski definition) is 2. The van der Waals surface area contributed by atoms with Crippen molar-refractivity contribution in [2.45, 2.75) is 137 Å². The summed E-state index contributed by atoms with van der Waals surface area (Å²) in [6.07, 6.45) is 2.13. The Hall–Kier alpha value is -1.37. The van der Waals surface area contributed by atoms with Crippen LogP contribution in [0.2, 0.25) is 0 Å². The number of benzene rings is 2. The maximum atomic E-state index is 11.8. The summed E-state index contributed by atoms with van der Waals surface area (Å²) in [5.74, 6) is 0.500. The molecule has 0 saturated carbocycles. The predicted molar refractivity (Wildman–Crippen MR) is 163 cm³/mol. The molecule has 0 saturated heterocycles. The Morgan fingerprint density at radius 1 is 0.861 bits per heavy atom. The third-order valence-corrected chi connectivity index (χ3v) is 9.60. The van der Waals surface area contributed by atoms with Crippen LogP contribution in [0.25, 0.3) is 0 Å². The molecule has 0 aliphatic rings. The lowest BCUT2D eigenvalue weighted by molar-refractivity contribution is 0.166. The zero-order chi connectivity index (χ0) is 27.6. The van der Waals surface area contributed by atoms with E-state index in [9.17, 15) is 5.11 Å². The van der Waals surface area contributed by atoms with Gasteiger partial charge in [0.2, 0.25) is 0 Å². The summed E-state index contributed by atoms with van der Waals surface area (Å²) in [6, 6.07) is 12.3.